The summed E-state index contributed by atoms with van der Waals surface area (Å²) in [6, 6.07) is 14.2. The van der Waals surface area contributed by atoms with Crippen LogP contribution >= 0.6 is 0 Å². The molecule has 0 saturated carbocycles. The molecule has 1 amide bonds. The smallest absolute Gasteiger partial charge is 0.408 e. The third kappa shape index (κ3) is 3.73. The molecule has 25 heavy (non-hydrogen) atoms. The van der Waals surface area contributed by atoms with Gasteiger partial charge in [-0.15, -0.1) is 0 Å². The number of pyridine rings is 1. The van der Waals surface area contributed by atoms with Crippen LogP contribution in [0.2, 0.25) is 0 Å². The number of aromatic nitrogens is 1. The van der Waals surface area contributed by atoms with Crippen LogP contribution in [-0.2, 0) is 4.74 Å². The fourth-order valence-electron chi connectivity index (χ4n) is 2.98. The summed E-state index contributed by atoms with van der Waals surface area (Å²) in [4.78, 5) is 17.0. The number of ether oxygens (including phenoxy) is 1. The Balaban J connectivity index is 2.07. The summed E-state index contributed by atoms with van der Waals surface area (Å²) >= 11 is 0. The monoisotopic (exact) mass is 336 g/mol. The van der Waals surface area contributed by atoms with E-state index in [1.54, 1.807) is 0 Å². The van der Waals surface area contributed by atoms with Crippen LogP contribution in [0.3, 0.4) is 0 Å². The van der Waals surface area contributed by atoms with Crippen molar-refractivity contribution in [2.75, 3.05) is 0 Å². The normalized spacial score (nSPS) is 13.0. The number of hydrogen-bond donors (Lipinski definition) is 1. The highest BCUT2D eigenvalue weighted by Gasteiger charge is 2.20. The molecule has 1 N–H and O–H groups in total. The van der Waals surface area contributed by atoms with E-state index in [0.29, 0.717) is 0 Å². The number of nitrogens with one attached hydrogen (secondary N) is 1. The number of aryl methyl sites for hydroxylation is 1. The first-order valence-corrected chi connectivity index (χ1v) is 8.53. The lowest BCUT2D eigenvalue weighted by atomic mass is 9.99. The molecule has 1 atom stereocenters. The van der Waals surface area contributed by atoms with Crippen LogP contribution in [-0.4, -0.2) is 16.7 Å². The molecular weight excluding hydrogens is 312 g/mol. The molecule has 0 saturated heterocycles. The number of carbonyl (C=O) groups is 1. The minimum absolute atomic E-state index is 0.260. The van der Waals surface area contributed by atoms with Gasteiger partial charge in [-0.2, -0.15) is 0 Å². The molecule has 0 aliphatic carbocycles. The van der Waals surface area contributed by atoms with Gasteiger partial charge in [0.15, 0.2) is 0 Å². The molecule has 0 bridgehead atoms. The van der Waals surface area contributed by atoms with Crippen molar-refractivity contribution in [2.24, 2.45) is 0 Å². The molecule has 0 spiro atoms. The summed E-state index contributed by atoms with van der Waals surface area (Å²) in [7, 11) is 0. The molecule has 0 aliphatic rings. The third-order valence-corrected chi connectivity index (χ3v) is 4.03. The van der Waals surface area contributed by atoms with E-state index in [9.17, 15) is 4.79 Å². The van der Waals surface area contributed by atoms with Gasteiger partial charge in [-0.1, -0.05) is 35.9 Å². The zero-order valence-corrected chi connectivity index (χ0v) is 15.4. The SMILES string of the molecule is Cc1ccc2c(c1)c(C(C)NC(=O)OC(C)(C)C)nc1ccccc12. The highest BCUT2D eigenvalue weighted by atomic mass is 16.6. The van der Waals surface area contributed by atoms with Gasteiger partial charge in [0.05, 0.1) is 17.3 Å². The number of hydrogen-bond acceptors (Lipinski definition) is 3. The largest absolute Gasteiger partial charge is 0.444 e. The van der Waals surface area contributed by atoms with Crippen molar-refractivity contribution in [1.82, 2.24) is 10.3 Å². The second kappa shape index (κ2) is 6.36. The first kappa shape index (κ1) is 17.2. The van der Waals surface area contributed by atoms with Crippen molar-refractivity contribution in [1.29, 1.82) is 0 Å². The van der Waals surface area contributed by atoms with Gasteiger partial charge in [-0.3, -0.25) is 0 Å². The van der Waals surface area contributed by atoms with Crippen LogP contribution in [0.5, 0.6) is 0 Å². The average molecular weight is 336 g/mol. The van der Waals surface area contributed by atoms with Gasteiger partial charge >= 0.3 is 6.09 Å². The molecule has 130 valence electrons. The summed E-state index contributed by atoms with van der Waals surface area (Å²) in [5, 5.41) is 6.22. The fraction of sp³-hybridized carbons (Fsp3) is 0.333. The van der Waals surface area contributed by atoms with E-state index in [1.165, 1.54) is 0 Å². The lowest BCUT2D eigenvalue weighted by molar-refractivity contribution is 0.0507. The molecule has 1 heterocycles. The van der Waals surface area contributed by atoms with Crippen molar-refractivity contribution >= 4 is 27.8 Å². The molecule has 0 radical (unpaired) electrons. The Morgan fingerprint density at radius 1 is 1.08 bits per heavy atom. The average Bonchev–Trinajstić information content (AvgIpc) is 2.51. The van der Waals surface area contributed by atoms with Crippen molar-refractivity contribution in [3.8, 4) is 0 Å². The van der Waals surface area contributed by atoms with Gasteiger partial charge in [0.1, 0.15) is 5.60 Å². The molecule has 1 unspecified atom stereocenters. The summed E-state index contributed by atoms with van der Waals surface area (Å²) in [5.74, 6) is 0. The first-order valence-electron chi connectivity index (χ1n) is 8.53. The topological polar surface area (TPSA) is 51.2 Å². The number of benzene rings is 2. The maximum atomic E-state index is 12.1. The zero-order valence-electron chi connectivity index (χ0n) is 15.4. The van der Waals surface area contributed by atoms with Gasteiger partial charge in [0.2, 0.25) is 0 Å². The molecule has 4 heteroatoms. The Labute approximate surface area is 148 Å². The van der Waals surface area contributed by atoms with Crippen LogP contribution in [0.1, 0.15) is 45.0 Å². The van der Waals surface area contributed by atoms with E-state index >= 15 is 0 Å². The Morgan fingerprint density at radius 3 is 2.52 bits per heavy atom. The lowest BCUT2D eigenvalue weighted by Gasteiger charge is -2.22. The minimum Gasteiger partial charge on any atom is -0.444 e. The first-order chi connectivity index (χ1) is 11.7. The molecule has 0 fully saturated rings. The predicted molar refractivity (Wildman–Crippen MR) is 102 cm³/mol. The van der Waals surface area contributed by atoms with Crippen LogP contribution in [0, 0.1) is 6.92 Å². The van der Waals surface area contributed by atoms with E-state index in [-0.39, 0.29) is 6.04 Å². The molecule has 3 aromatic rings. The van der Waals surface area contributed by atoms with E-state index in [4.69, 9.17) is 9.72 Å². The Bertz CT molecular complexity index is 942. The summed E-state index contributed by atoms with van der Waals surface area (Å²) < 4.78 is 5.38. The van der Waals surface area contributed by atoms with Crippen molar-refractivity contribution in [2.45, 2.75) is 46.3 Å². The van der Waals surface area contributed by atoms with Crippen LogP contribution in [0.15, 0.2) is 42.5 Å². The van der Waals surface area contributed by atoms with E-state index in [0.717, 1.165) is 32.9 Å². The highest BCUT2D eigenvalue weighted by molar-refractivity contribution is 6.07. The summed E-state index contributed by atoms with van der Waals surface area (Å²) in [6.07, 6.45) is -0.434. The molecule has 0 aliphatic heterocycles. The Hall–Kier alpha value is -2.62. The van der Waals surface area contributed by atoms with Crippen molar-refractivity contribution in [3.63, 3.8) is 0 Å². The van der Waals surface area contributed by atoms with Gasteiger partial charge in [0, 0.05) is 10.8 Å². The maximum absolute atomic E-state index is 12.1. The number of rotatable bonds is 2. The molecule has 1 aromatic heterocycles. The number of carbonyl (C=O) groups excluding carboxylic acids is 1. The molecule has 3 rings (SSSR count). The minimum atomic E-state index is -0.528. The number of nitrogens with zero attached hydrogens (tertiary/aromatic N) is 1. The molecule has 4 nitrogen and oxygen atoms in total. The standard InChI is InChI=1S/C21H24N2O2/c1-13-10-11-15-16-8-6-7-9-18(16)23-19(17(15)12-13)14(2)22-20(24)25-21(3,4)5/h6-12,14H,1-5H3,(H,22,24). The van der Waals surface area contributed by atoms with Crippen LogP contribution < -0.4 is 5.32 Å². The van der Waals surface area contributed by atoms with E-state index < -0.39 is 11.7 Å². The fourth-order valence-corrected chi connectivity index (χ4v) is 2.98. The number of para-hydroxylation sites is 1. The van der Waals surface area contributed by atoms with E-state index in [1.807, 2.05) is 45.9 Å². The number of fused-ring (bicyclic) bond motifs is 3. The number of alkyl carbamates (subject to hydrolysis) is 1. The second-order valence-electron chi connectivity index (χ2n) is 7.43. The third-order valence-electron chi connectivity index (χ3n) is 4.03. The van der Waals surface area contributed by atoms with Gasteiger partial charge in [0.25, 0.3) is 0 Å². The lowest BCUT2D eigenvalue weighted by Crippen LogP contribution is -2.34. The quantitative estimate of drug-likeness (QED) is 0.648. The summed E-state index contributed by atoms with van der Waals surface area (Å²) in [5.41, 5.74) is 2.41. The van der Waals surface area contributed by atoms with Crippen LogP contribution in [0.4, 0.5) is 4.79 Å². The van der Waals surface area contributed by atoms with Crippen molar-refractivity contribution < 1.29 is 9.53 Å². The Kier molecular flexibility index (Phi) is 4.38. The van der Waals surface area contributed by atoms with Crippen LogP contribution in [0.25, 0.3) is 21.7 Å². The van der Waals surface area contributed by atoms with Crippen molar-refractivity contribution in [3.05, 3.63) is 53.7 Å². The second-order valence-corrected chi connectivity index (χ2v) is 7.43. The summed E-state index contributed by atoms with van der Waals surface area (Å²) in [6.45, 7) is 9.55. The van der Waals surface area contributed by atoms with E-state index in [2.05, 4.69) is 36.5 Å². The van der Waals surface area contributed by atoms with Gasteiger partial charge < -0.3 is 10.1 Å². The Morgan fingerprint density at radius 2 is 1.80 bits per heavy atom. The molecule has 2 aromatic carbocycles. The highest BCUT2D eigenvalue weighted by Crippen LogP contribution is 2.30. The zero-order chi connectivity index (χ0) is 18.2. The molecular formula is C21H24N2O2. The van der Waals surface area contributed by atoms with Gasteiger partial charge in [-0.25, -0.2) is 9.78 Å². The maximum Gasteiger partial charge on any atom is 0.408 e. The van der Waals surface area contributed by atoms with Gasteiger partial charge in [-0.05, 0) is 52.1 Å². The number of amides is 1. The predicted octanol–water partition coefficient (Wildman–Crippen LogP) is 5.28.